The number of hydrogen-bond donors (Lipinski definition) is 1. The van der Waals surface area contributed by atoms with Crippen molar-refractivity contribution in [3.05, 3.63) is 42.1 Å². The summed E-state index contributed by atoms with van der Waals surface area (Å²) >= 11 is 0. The van der Waals surface area contributed by atoms with Gasteiger partial charge in [-0.2, -0.15) is 0 Å². The van der Waals surface area contributed by atoms with E-state index in [-0.39, 0.29) is 5.91 Å². The Morgan fingerprint density at radius 2 is 1.97 bits per heavy atom. The van der Waals surface area contributed by atoms with Crippen LogP contribution in [0.2, 0.25) is 0 Å². The number of nitrogens with zero attached hydrogens (tertiary/aromatic N) is 4. The Morgan fingerprint density at radius 1 is 1.20 bits per heavy atom. The number of ether oxygens (including phenoxy) is 2. The molecule has 0 atom stereocenters. The zero-order valence-corrected chi connectivity index (χ0v) is 18.2. The monoisotopic (exact) mass is 413 g/mol. The fourth-order valence-electron chi connectivity index (χ4n) is 3.22. The number of carbonyl (C=O) groups is 1. The molecule has 2 heterocycles. The molecule has 1 N–H and O–H groups in total. The van der Waals surface area contributed by atoms with Crippen molar-refractivity contribution in [2.45, 2.75) is 0 Å². The van der Waals surface area contributed by atoms with Crippen LogP contribution in [0.25, 0.3) is 0 Å². The molecule has 2 aromatic rings. The van der Waals surface area contributed by atoms with Crippen LogP contribution in [-0.4, -0.2) is 78.6 Å². The second kappa shape index (κ2) is 10.3. The fourth-order valence-corrected chi connectivity index (χ4v) is 3.22. The van der Waals surface area contributed by atoms with Gasteiger partial charge in [-0.05, 0) is 24.3 Å². The maximum Gasteiger partial charge on any atom is 0.274 e. The van der Waals surface area contributed by atoms with Gasteiger partial charge in [-0.25, -0.2) is 4.98 Å². The molecule has 0 unspecified atom stereocenters. The zero-order valence-electron chi connectivity index (χ0n) is 18.2. The maximum absolute atomic E-state index is 13.0. The van der Waals surface area contributed by atoms with E-state index in [1.165, 1.54) is 0 Å². The molecule has 1 amide bonds. The van der Waals surface area contributed by atoms with E-state index in [4.69, 9.17) is 9.47 Å². The van der Waals surface area contributed by atoms with Crippen molar-refractivity contribution < 1.29 is 14.3 Å². The number of likely N-dealkylation sites (N-methyl/N-ethyl adjacent to an activating group) is 1. The molecule has 1 fully saturated rings. The second-order valence-electron chi connectivity index (χ2n) is 7.48. The van der Waals surface area contributed by atoms with Gasteiger partial charge in [0.25, 0.3) is 5.91 Å². The molecular formula is C22H31N5O3. The van der Waals surface area contributed by atoms with Crippen molar-refractivity contribution in [3.8, 4) is 0 Å². The Hall–Kier alpha value is -2.84. The van der Waals surface area contributed by atoms with Crippen molar-refractivity contribution in [2.75, 3.05) is 87.7 Å². The molecule has 3 rings (SSSR count). The first kappa shape index (κ1) is 21.9. The number of methoxy groups -OCH3 is 1. The minimum absolute atomic E-state index is 0.234. The molecule has 1 aromatic heterocycles. The van der Waals surface area contributed by atoms with Crippen molar-refractivity contribution in [1.82, 2.24) is 4.98 Å². The summed E-state index contributed by atoms with van der Waals surface area (Å²) in [6.45, 7) is 4.20. The standard InChI is InChI=1S/C22H31N5O3/c1-25(2)18-7-5-6-17(14-18)23-22(28)20-15-19(27-9-12-30-13-10-27)16-21(24-20)26(3)8-11-29-4/h5-7,14-16H,8-13H2,1-4H3,(H,23,28). The molecule has 0 radical (unpaired) electrons. The lowest BCUT2D eigenvalue weighted by molar-refractivity contribution is 0.102. The van der Waals surface area contributed by atoms with Crippen LogP contribution in [0.3, 0.4) is 0 Å². The summed E-state index contributed by atoms with van der Waals surface area (Å²) in [6, 6.07) is 11.6. The Bertz CT molecular complexity index is 852. The summed E-state index contributed by atoms with van der Waals surface area (Å²) in [5.74, 6) is 0.505. The molecule has 0 aliphatic carbocycles. The number of rotatable bonds is 8. The highest BCUT2D eigenvalue weighted by molar-refractivity contribution is 6.04. The summed E-state index contributed by atoms with van der Waals surface area (Å²) in [4.78, 5) is 23.9. The molecule has 162 valence electrons. The molecule has 0 spiro atoms. The van der Waals surface area contributed by atoms with Crippen LogP contribution in [0.15, 0.2) is 36.4 Å². The number of carbonyl (C=O) groups excluding carboxylic acids is 1. The molecule has 1 aliphatic rings. The van der Waals surface area contributed by atoms with E-state index in [0.29, 0.717) is 32.1 Å². The van der Waals surface area contributed by atoms with E-state index in [1.54, 1.807) is 7.11 Å². The van der Waals surface area contributed by atoms with E-state index >= 15 is 0 Å². The molecular weight excluding hydrogens is 382 g/mol. The third-order valence-corrected chi connectivity index (χ3v) is 5.05. The van der Waals surface area contributed by atoms with Gasteiger partial charge in [0.1, 0.15) is 11.5 Å². The number of anilines is 4. The van der Waals surface area contributed by atoms with E-state index in [1.807, 2.05) is 67.3 Å². The van der Waals surface area contributed by atoms with Crippen molar-refractivity contribution in [3.63, 3.8) is 0 Å². The molecule has 1 aliphatic heterocycles. The van der Waals surface area contributed by atoms with Gasteiger partial charge < -0.3 is 29.5 Å². The molecule has 8 heteroatoms. The van der Waals surface area contributed by atoms with Gasteiger partial charge in [0.2, 0.25) is 0 Å². The van der Waals surface area contributed by atoms with Crippen molar-refractivity contribution in [1.29, 1.82) is 0 Å². The third-order valence-electron chi connectivity index (χ3n) is 5.05. The van der Waals surface area contributed by atoms with E-state index in [0.717, 1.165) is 36.0 Å². The van der Waals surface area contributed by atoms with Crippen LogP contribution in [-0.2, 0) is 9.47 Å². The molecule has 0 bridgehead atoms. The Labute approximate surface area is 178 Å². The molecule has 1 aromatic carbocycles. The van der Waals surface area contributed by atoms with Crippen LogP contribution in [0.1, 0.15) is 10.5 Å². The predicted octanol–water partition coefficient (Wildman–Crippen LogP) is 2.32. The minimum atomic E-state index is -0.234. The first-order chi connectivity index (χ1) is 14.5. The van der Waals surface area contributed by atoms with Gasteiger partial charge in [-0.1, -0.05) is 6.07 Å². The van der Waals surface area contributed by atoms with E-state index in [2.05, 4.69) is 15.2 Å². The second-order valence-corrected chi connectivity index (χ2v) is 7.48. The number of amides is 1. The third kappa shape index (κ3) is 5.61. The topological polar surface area (TPSA) is 70.2 Å². The molecule has 1 saturated heterocycles. The summed E-state index contributed by atoms with van der Waals surface area (Å²) in [7, 11) is 7.56. The first-order valence-corrected chi connectivity index (χ1v) is 10.1. The van der Waals surface area contributed by atoms with Gasteiger partial charge in [0.05, 0.1) is 19.8 Å². The van der Waals surface area contributed by atoms with Gasteiger partial charge in [-0.3, -0.25) is 4.79 Å². The van der Waals surface area contributed by atoms with Gasteiger partial charge in [0.15, 0.2) is 0 Å². The largest absolute Gasteiger partial charge is 0.383 e. The lowest BCUT2D eigenvalue weighted by Gasteiger charge is -2.30. The van der Waals surface area contributed by atoms with Crippen LogP contribution in [0.4, 0.5) is 22.9 Å². The quantitative estimate of drug-likeness (QED) is 0.712. The number of hydrogen-bond acceptors (Lipinski definition) is 7. The van der Waals surface area contributed by atoms with E-state index < -0.39 is 0 Å². The van der Waals surface area contributed by atoms with Crippen LogP contribution in [0, 0.1) is 0 Å². The smallest absolute Gasteiger partial charge is 0.274 e. The highest BCUT2D eigenvalue weighted by Crippen LogP contribution is 2.24. The highest BCUT2D eigenvalue weighted by atomic mass is 16.5. The average molecular weight is 414 g/mol. The highest BCUT2D eigenvalue weighted by Gasteiger charge is 2.18. The molecule has 30 heavy (non-hydrogen) atoms. The molecule has 0 saturated carbocycles. The zero-order chi connectivity index (χ0) is 21.5. The summed E-state index contributed by atoms with van der Waals surface area (Å²) < 4.78 is 10.7. The Kier molecular flexibility index (Phi) is 7.48. The maximum atomic E-state index is 13.0. The number of benzene rings is 1. The lowest BCUT2D eigenvalue weighted by Crippen LogP contribution is -2.36. The number of nitrogens with one attached hydrogen (secondary N) is 1. The van der Waals surface area contributed by atoms with Crippen LogP contribution < -0.4 is 20.0 Å². The van der Waals surface area contributed by atoms with Gasteiger partial charge >= 0.3 is 0 Å². The summed E-state index contributed by atoms with van der Waals surface area (Å²) in [5, 5.41) is 2.98. The number of pyridine rings is 1. The van der Waals surface area contributed by atoms with Crippen molar-refractivity contribution >= 4 is 28.8 Å². The normalized spacial score (nSPS) is 13.8. The summed E-state index contributed by atoms with van der Waals surface area (Å²) in [6.07, 6.45) is 0. The predicted molar refractivity (Wildman–Crippen MR) is 121 cm³/mol. The van der Waals surface area contributed by atoms with Gasteiger partial charge in [0, 0.05) is 71.0 Å². The SMILES string of the molecule is COCCN(C)c1cc(N2CCOCC2)cc(C(=O)Nc2cccc(N(C)C)c2)n1. The number of aromatic nitrogens is 1. The van der Waals surface area contributed by atoms with Crippen LogP contribution >= 0.6 is 0 Å². The Balaban J connectivity index is 1.87. The lowest BCUT2D eigenvalue weighted by atomic mass is 10.2. The van der Waals surface area contributed by atoms with Gasteiger partial charge in [-0.15, -0.1) is 0 Å². The Morgan fingerprint density at radius 3 is 2.67 bits per heavy atom. The molecule has 8 nitrogen and oxygen atoms in total. The van der Waals surface area contributed by atoms with Crippen LogP contribution in [0.5, 0.6) is 0 Å². The number of morpholine rings is 1. The fraction of sp³-hybridized carbons (Fsp3) is 0.455. The minimum Gasteiger partial charge on any atom is -0.383 e. The van der Waals surface area contributed by atoms with E-state index in [9.17, 15) is 4.79 Å². The first-order valence-electron chi connectivity index (χ1n) is 10.1. The summed E-state index contributed by atoms with van der Waals surface area (Å²) in [5.41, 5.74) is 3.11. The average Bonchev–Trinajstić information content (AvgIpc) is 2.77. The van der Waals surface area contributed by atoms with Crippen molar-refractivity contribution in [2.24, 2.45) is 0 Å².